The fraction of sp³-hybridized carbons (Fsp3) is 0.304. The molecule has 4 aromatic rings. The maximum absolute atomic E-state index is 13.7. The average Bonchev–Trinajstić information content (AvgIpc) is 3.50. The molecule has 1 unspecified atom stereocenters. The van der Waals surface area contributed by atoms with Gasteiger partial charge in [-0.25, -0.2) is 9.36 Å². The molecule has 9 heteroatoms. The number of ether oxygens (including phenoxy) is 1. The highest BCUT2D eigenvalue weighted by atomic mass is 16.5. The molecule has 9 nitrogen and oxygen atoms in total. The third-order valence-corrected chi connectivity index (χ3v) is 5.78. The van der Waals surface area contributed by atoms with E-state index in [0.717, 1.165) is 5.69 Å². The number of morpholine rings is 1. The summed E-state index contributed by atoms with van der Waals surface area (Å²) in [5, 5.41) is 9.66. The molecular formula is C23H24N6O3. The minimum atomic E-state index is -0.735. The molecule has 0 radical (unpaired) electrons. The molecule has 4 heterocycles. The lowest BCUT2D eigenvalue weighted by atomic mass is 10.2. The number of nitrogens with zero attached hydrogens (tertiary/aromatic N) is 6. The first-order chi connectivity index (χ1) is 15.6. The molecule has 1 atom stereocenters. The lowest BCUT2D eigenvalue weighted by molar-refractivity contribution is -0.138. The van der Waals surface area contributed by atoms with E-state index in [4.69, 9.17) is 9.84 Å². The van der Waals surface area contributed by atoms with Gasteiger partial charge in [0.2, 0.25) is 5.91 Å². The molecule has 0 spiro atoms. The van der Waals surface area contributed by atoms with E-state index in [1.165, 1.54) is 4.68 Å². The number of amides is 1. The van der Waals surface area contributed by atoms with E-state index in [0.29, 0.717) is 48.7 Å². The normalized spacial score (nSPS) is 15.2. The summed E-state index contributed by atoms with van der Waals surface area (Å²) in [6.07, 6.45) is 3.75. The summed E-state index contributed by atoms with van der Waals surface area (Å²) < 4.78 is 10.2. The van der Waals surface area contributed by atoms with Gasteiger partial charge in [0.1, 0.15) is 16.9 Å². The van der Waals surface area contributed by atoms with Crippen molar-refractivity contribution in [1.29, 1.82) is 0 Å². The van der Waals surface area contributed by atoms with Gasteiger partial charge in [-0.1, -0.05) is 18.2 Å². The molecule has 32 heavy (non-hydrogen) atoms. The number of rotatable bonds is 4. The van der Waals surface area contributed by atoms with Crippen LogP contribution in [0.1, 0.15) is 18.7 Å². The summed E-state index contributed by atoms with van der Waals surface area (Å²) in [4.78, 5) is 28.5. The van der Waals surface area contributed by atoms with Crippen molar-refractivity contribution in [1.82, 2.24) is 29.0 Å². The number of hydrogen-bond donors (Lipinski definition) is 0. The molecule has 5 rings (SSSR count). The molecule has 1 fully saturated rings. The van der Waals surface area contributed by atoms with Crippen molar-refractivity contribution in [3.05, 3.63) is 70.9 Å². The van der Waals surface area contributed by atoms with Crippen LogP contribution < -0.4 is 5.56 Å². The van der Waals surface area contributed by atoms with E-state index in [-0.39, 0.29) is 11.5 Å². The van der Waals surface area contributed by atoms with Crippen LogP contribution in [0.15, 0.2) is 59.7 Å². The maximum Gasteiger partial charge on any atom is 0.280 e. The van der Waals surface area contributed by atoms with Gasteiger partial charge >= 0.3 is 0 Å². The van der Waals surface area contributed by atoms with Gasteiger partial charge in [0.25, 0.3) is 5.56 Å². The van der Waals surface area contributed by atoms with E-state index < -0.39 is 6.04 Å². The second-order valence-electron chi connectivity index (χ2n) is 7.83. The fourth-order valence-corrected chi connectivity index (χ4v) is 4.11. The van der Waals surface area contributed by atoms with Crippen LogP contribution in [-0.2, 0) is 9.53 Å². The minimum absolute atomic E-state index is 0.139. The summed E-state index contributed by atoms with van der Waals surface area (Å²) in [6.45, 7) is 5.56. The molecule has 3 aromatic heterocycles. The molecule has 1 amide bonds. The van der Waals surface area contributed by atoms with E-state index in [1.54, 1.807) is 16.5 Å². The molecule has 1 aliphatic rings. The molecule has 0 saturated carbocycles. The smallest absolute Gasteiger partial charge is 0.280 e. The van der Waals surface area contributed by atoms with Crippen molar-refractivity contribution in [2.45, 2.75) is 19.9 Å². The second kappa shape index (κ2) is 8.08. The Morgan fingerprint density at radius 3 is 2.41 bits per heavy atom. The number of carbonyl (C=O) groups excluding carboxylic acids is 1. The van der Waals surface area contributed by atoms with Crippen molar-refractivity contribution >= 4 is 16.8 Å². The summed E-state index contributed by atoms with van der Waals surface area (Å²) in [6, 6.07) is 12.7. The zero-order valence-corrected chi connectivity index (χ0v) is 18.0. The van der Waals surface area contributed by atoms with Gasteiger partial charge in [0.05, 0.1) is 24.6 Å². The Morgan fingerprint density at radius 2 is 1.72 bits per heavy atom. The van der Waals surface area contributed by atoms with Gasteiger partial charge in [-0.2, -0.15) is 10.2 Å². The quantitative estimate of drug-likeness (QED) is 0.493. The third-order valence-electron chi connectivity index (χ3n) is 5.78. The standard InChI is InChI=1S/C23H24N6O3/c1-16-20-19(23(31)28(24-16)17(2)22(30)27-12-14-32-15-13-27)21(26-10-6-7-11-26)29(25-20)18-8-4-3-5-9-18/h3-11,17H,12-15H2,1-2H3. The topological polar surface area (TPSA) is 87.2 Å². The number of aryl methyl sites for hydroxylation is 1. The average molecular weight is 432 g/mol. The highest BCUT2D eigenvalue weighted by Gasteiger charge is 2.28. The summed E-state index contributed by atoms with van der Waals surface area (Å²) in [5.41, 5.74) is 1.59. The van der Waals surface area contributed by atoms with Crippen LogP contribution in [0.25, 0.3) is 22.4 Å². The molecule has 1 aliphatic heterocycles. The van der Waals surface area contributed by atoms with Crippen LogP contribution in [0, 0.1) is 6.92 Å². The van der Waals surface area contributed by atoms with Crippen molar-refractivity contribution in [2.75, 3.05) is 26.3 Å². The Bertz CT molecular complexity index is 1320. The highest BCUT2D eigenvalue weighted by Crippen LogP contribution is 2.25. The van der Waals surface area contributed by atoms with Crippen LogP contribution in [0.4, 0.5) is 0 Å². The number of para-hydroxylation sites is 1. The maximum atomic E-state index is 13.7. The van der Waals surface area contributed by atoms with Crippen LogP contribution in [0.2, 0.25) is 0 Å². The molecule has 164 valence electrons. The first-order valence-electron chi connectivity index (χ1n) is 10.6. The van der Waals surface area contributed by atoms with Crippen LogP contribution in [-0.4, -0.2) is 61.2 Å². The Kier molecular flexibility index (Phi) is 5.10. The van der Waals surface area contributed by atoms with Crippen molar-refractivity contribution in [2.24, 2.45) is 0 Å². The monoisotopic (exact) mass is 432 g/mol. The van der Waals surface area contributed by atoms with Gasteiger partial charge in [-0.15, -0.1) is 0 Å². The zero-order chi connectivity index (χ0) is 22.2. The highest BCUT2D eigenvalue weighted by molar-refractivity contribution is 5.88. The Morgan fingerprint density at radius 1 is 1.03 bits per heavy atom. The molecular weight excluding hydrogens is 408 g/mol. The zero-order valence-electron chi connectivity index (χ0n) is 18.0. The predicted octanol–water partition coefficient (Wildman–Crippen LogP) is 2.10. The fourth-order valence-electron chi connectivity index (χ4n) is 4.11. The number of benzene rings is 1. The number of aromatic nitrogens is 5. The molecule has 1 saturated heterocycles. The van der Waals surface area contributed by atoms with Gasteiger partial charge < -0.3 is 14.2 Å². The second-order valence-corrected chi connectivity index (χ2v) is 7.83. The lowest BCUT2D eigenvalue weighted by Gasteiger charge is -2.29. The van der Waals surface area contributed by atoms with Crippen LogP contribution >= 0.6 is 0 Å². The Balaban J connectivity index is 1.71. The Hall–Kier alpha value is -3.72. The van der Waals surface area contributed by atoms with Gasteiger partial charge in [0.15, 0.2) is 5.82 Å². The van der Waals surface area contributed by atoms with Gasteiger partial charge in [-0.3, -0.25) is 9.59 Å². The van der Waals surface area contributed by atoms with Crippen molar-refractivity contribution in [3.8, 4) is 11.5 Å². The molecule has 0 aliphatic carbocycles. The lowest BCUT2D eigenvalue weighted by Crippen LogP contribution is -2.45. The van der Waals surface area contributed by atoms with Gasteiger partial charge in [0, 0.05) is 25.5 Å². The third kappa shape index (κ3) is 3.31. The summed E-state index contributed by atoms with van der Waals surface area (Å²) >= 11 is 0. The first-order valence-corrected chi connectivity index (χ1v) is 10.6. The molecule has 0 bridgehead atoms. The Labute approximate surface area is 184 Å². The predicted molar refractivity (Wildman–Crippen MR) is 119 cm³/mol. The summed E-state index contributed by atoms with van der Waals surface area (Å²) in [7, 11) is 0. The van der Waals surface area contributed by atoms with Crippen molar-refractivity contribution < 1.29 is 9.53 Å². The number of hydrogen-bond acceptors (Lipinski definition) is 5. The number of carbonyl (C=O) groups is 1. The van der Waals surface area contributed by atoms with E-state index in [9.17, 15) is 9.59 Å². The first kappa shape index (κ1) is 20.2. The van der Waals surface area contributed by atoms with Crippen LogP contribution in [0.3, 0.4) is 0 Å². The van der Waals surface area contributed by atoms with Gasteiger partial charge in [-0.05, 0) is 38.1 Å². The SMILES string of the molecule is Cc1nn(C(C)C(=O)N2CCOCC2)c(=O)c2c(-n3cccc3)n(-c3ccccc3)nc12. The van der Waals surface area contributed by atoms with Crippen molar-refractivity contribution in [3.63, 3.8) is 0 Å². The van der Waals surface area contributed by atoms with E-state index in [1.807, 2.05) is 66.3 Å². The largest absolute Gasteiger partial charge is 0.378 e. The molecule has 1 aromatic carbocycles. The number of fused-ring (bicyclic) bond motifs is 1. The molecule has 0 N–H and O–H groups in total. The minimum Gasteiger partial charge on any atom is -0.378 e. The van der Waals surface area contributed by atoms with E-state index in [2.05, 4.69) is 5.10 Å². The summed E-state index contributed by atoms with van der Waals surface area (Å²) in [5.74, 6) is 0.478. The van der Waals surface area contributed by atoms with E-state index >= 15 is 0 Å². The van der Waals surface area contributed by atoms with Crippen LogP contribution in [0.5, 0.6) is 0 Å².